The van der Waals surface area contributed by atoms with E-state index in [4.69, 9.17) is 0 Å². The zero-order valence-electron chi connectivity index (χ0n) is 14.9. The van der Waals surface area contributed by atoms with Crippen molar-refractivity contribution in [2.45, 2.75) is 55.9 Å². The summed E-state index contributed by atoms with van der Waals surface area (Å²) in [5.74, 6) is -0.316. The molecule has 3 aliphatic rings. The summed E-state index contributed by atoms with van der Waals surface area (Å²) < 4.78 is 40.3. The molecular formula is C19H25FN2O3S. The maximum Gasteiger partial charge on any atom is 0.243 e. The van der Waals surface area contributed by atoms with E-state index in [2.05, 4.69) is 0 Å². The second-order valence-electron chi connectivity index (χ2n) is 7.86. The minimum absolute atomic E-state index is 0.0897. The number of rotatable bonds is 3. The highest BCUT2D eigenvalue weighted by molar-refractivity contribution is 7.89. The Balaban J connectivity index is 1.55. The quantitative estimate of drug-likeness (QED) is 0.810. The number of amides is 1. The molecule has 1 aliphatic carbocycles. The molecule has 7 heteroatoms. The van der Waals surface area contributed by atoms with Gasteiger partial charge in [-0.15, -0.1) is 0 Å². The smallest absolute Gasteiger partial charge is 0.243 e. The molecule has 1 aromatic carbocycles. The molecule has 1 amide bonds. The summed E-state index contributed by atoms with van der Waals surface area (Å²) in [6.07, 6.45) is 6.75. The van der Waals surface area contributed by atoms with Crippen molar-refractivity contribution < 1.29 is 17.6 Å². The normalized spacial score (nSPS) is 28.3. The average Bonchev–Trinajstić information content (AvgIpc) is 3.29. The van der Waals surface area contributed by atoms with Crippen molar-refractivity contribution in [3.63, 3.8) is 0 Å². The van der Waals surface area contributed by atoms with E-state index < -0.39 is 21.3 Å². The van der Waals surface area contributed by atoms with Gasteiger partial charge in [-0.05, 0) is 56.4 Å². The molecule has 2 aliphatic heterocycles. The molecular weight excluding hydrogens is 355 g/mol. The molecule has 1 saturated carbocycles. The van der Waals surface area contributed by atoms with E-state index in [0.717, 1.165) is 44.4 Å². The minimum Gasteiger partial charge on any atom is -0.339 e. The Morgan fingerprint density at radius 3 is 2.38 bits per heavy atom. The van der Waals surface area contributed by atoms with Crippen molar-refractivity contribution in [2.75, 3.05) is 19.6 Å². The second-order valence-corrected chi connectivity index (χ2v) is 9.80. The number of benzene rings is 1. The second kappa shape index (κ2) is 6.60. The lowest BCUT2D eigenvalue weighted by molar-refractivity contribution is -0.148. The van der Waals surface area contributed by atoms with E-state index in [1.807, 2.05) is 4.90 Å². The van der Waals surface area contributed by atoms with Crippen LogP contribution in [0.15, 0.2) is 29.2 Å². The van der Waals surface area contributed by atoms with Crippen LogP contribution in [0, 0.1) is 11.2 Å². The van der Waals surface area contributed by atoms with Gasteiger partial charge in [0.15, 0.2) is 0 Å². The van der Waals surface area contributed by atoms with E-state index in [-0.39, 0.29) is 17.3 Å². The van der Waals surface area contributed by atoms with E-state index in [1.165, 1.54) is 29.3 Å². The van der Waals surface area contributed by atoms with Gasteiger partial charge < -0.3 is 4.90 Å². The van der Waals surface area contributed by atoms with Gasteiger partial charge in [0.1, 0.15) is 5.82 Å². The Hall–Kier alpha value is -1.47. The lowest BCUT2D eigenvalue weighted by Crippen LogP contribution is -2.53. The molecule has 0 unspecified atom stereocenters. The molecule has 0 aromatic heterocycles. The zero-order valence-corrected chi connectivity index (χ0v) is 15.7. The summed E-state index contributed by atoms with van der Waals surface area (Å²) in [6.45, 7) is 1.40. The summed E-state index contributed by atoms with van der Waals surface area (Å²) in [5, 5.41) is 0. The topological polar surface area (TPSA) is 57.7 Å². The summed E-state index contributed by atoms with van der Waals surface area (Å²) in [4.78, 5) is 15.4. The zero-order chi connectivity index (χ0) is 18.4. The van der Waals surface area contributed by atoms with Crippen LogP contribution in [0.1, 0.15) is 44.9 Å². The van der Waals surface area contributed by atoms with Crippen molar-refractivity contribution in [1.29, 1.82) is 0 Å². The number of nitrogens with zero attached hydrogens (tertiary/aromatic N) is 2. The number of carbonyl (C=O) groups excluding carboxylic acids is 1. The molecule has 4 rings (SSSR count). The predicted octanol–water partition coefficient (Wildman–Crippen LogP) is 2.77. The first-order valence-electron chi connectivity index (χ1n) is 9.49. The Morgan fingerprint density at radius 1 is 1.00 bits per heavy atom. The average molecular weight is 380 g/mol. The third-order valence-electron chi connectivity index (χ3n) is 6.30. The molecule has 5 nitrogen and oxygen atoms in total. The standard InChI is InChI=1S/C19H25FN2O3S/c20-15-6-8-17(9-7-15)26(24,25)21-13-11-19(14-21)10-3-12-22(18(19)23)16-4-1-2-5-16/h6-9,16H,1-5,10-14H2/t19-/m1/s1. The number of halogens is 1. The van der Waals surface area contributed by atoms with Gasteiger partial charge in [-0.25, -0.2) is 12.8 Å². The fraction of sp³-hybridized carbons (Fsp3) is 0.632. The molecule has 26 heavy (non-hydrogen) atoms. The number of likely N-dealkylation sites (tertiary alicyclic amines) is 1. The van der Waals surface area contributed by atoms with Crippen molar-refractivity contribution in [2.24, 2.45) is 5.41 Å². The molecule has 3 fully saturated rings. The van der Waals surface area contributed by atoms with Crippen LogP contribution in [0.4, 0.5) is 4.39 Å². The van der Waals surface area contributed by atoms with Gasteiger partial charge in [0, 0.05) is 25.7 Å². The third kappa shape index (κ3) is 2.95. The SMILES string of the molecule is O=C1N(C2CCCC2)CCC[C@]12CCN(S(=O)(=O)c1ccc(F)cc1)C2. The van der Waals surface area contributed by atoms with Crippen LogP contribution in [0.2, 0.25) is 0 Å². The minimum atomic E-state index is -3.69. The highest BCUT2D eigenvalue weighted by atomic mass is 32.2. The van der Waals surface area contributed by atoms with Crippen molar-refractivity contribution in [3.8, 4) is 0 Å². The van der Waals surface area contributed by atoms with Gasteiger partial charge in [-0.1, -0.05) is 12.8 Å². The molecule has 2 heterocycles. The first-order chi connectivity index (χ1) is 12.4. The summed E-state index contributed by atoms with van der Waals surface area (Å²) in [5.41, 5.74) is -0.575. The lowest BCUT2D eigenvalue weighted by atomic mass is 9.78. The van der Waals surface area contributed by atoms with Crippen LogP contribution in [0.25, 0.3) is 0 Å². The summed E-state index contributed by atoms with van der Waals surface area (Å²) in [7, 11) is -3.69. The lowest BCUT2D eigenvalue weighted by Gasteiger charge is -2.42. The monoisotopic (exact) mass is 380 g/mol. The predicted molar refractivity (Wildman–Crippen MR) is 95.4 cm³/mol. The van der Waals surface area contributed by atoms with Crippen molar-refractivity contribution >= 4 is 15.9 Å². The number of carbonyl (C=O) groups is 1. The van der Waals surface area contributed by atoms with E-state index in [1.54, 1.807) is 0 Å². The Bertz CT molecular complexity index is 790. The molecule has 142 valence electrons. The molecule has 2 saturated heterocycles. The molecule has 1 aromatic rings. The third-order valence-corrected chi connectivity index (χ3v) is 8.16. The number of sulfonamides is 1. The van der Waals surface area contributed by atoms with Gasteiger partial charge in [0.2, 0.25) is 15.9 Å². The van der Waals surface area contributed by atoms with Crippen LogP contribution >= 0.6 is 0 Å². The first kappa shape index (κ1) is 17.9. The number of hydrogen-bond donors (Lipinski definition) is 0. The van der Waals surface area contributed by atoms with Gasteiger partial charge in [-0.2, -0.15) is 4.31 Å². The van der Waals surface area contributed by atoms with Gasteiger partial charge in [0.25, 0.3) is 0 Å². The van der Waals surface area contributed by atoms with E-state index in [0.29, 0.717) is 19.0 Å². The van der Waals surface area contributed by atoms with Crippen molar-refractivity contribution in [1.82, 2.24) is 9.21 Å². The van der Waals surface area contributed by atoms with Crippen LogP contribution in [-0.4, -0.2) is 49.2 Å². The van der Waals surface area contributed by atoms with Gasteiger partial charge in [-0.3, -0.25) is 4.79 Å². The molecule has 0 radical (unpaired) electrons. The highest BCUT2D eigenvalue weighted by Crippen LogP contribution is 2.43. The van der Waals surface area contributed by atoms with Crippen LogP contribution < -0.4 is 0 Å². The van der Waals surface area contributed by atoms with E-state index >= 15 is 0 Å². The highest BCUT2D eigenvalue weighted by Gasteiger charge is 2.52. The number of hydrogen-bond acceptors (Lipinski definition) is 3. The fourth-order valence-corrected chi connectivity index (χ4v) is 6.37. The van der Waals surface area contributed by atoms with Crippen LogP contribution in [-0.2, 0) is 14.8 Å². The molecule has 1 atom stereocenters. The van der Waals surface area contributed by atoms with Crippen LogP contribution in [0.5, 0.6) is 0 Å². The summed E-state index contributed by atoms with van der Waals surface area (Å²) in [6, 6.07) is 5.24. The Kier molecular flexibility index (Phi) is 4.55. The van der Waals surface area contributed by atoms with E-state index in [9.17, 15) is 17.6 Å². The van der Waals surface area contributed by atoms with Gasteiger partial charge in [0.05, 0.1) is 10.3 Å². The number of piperidine rings is 1. The largest absolute Gasteiger partial charge is 0.339 e. The summed E-state index contributed by atoms with van der Waals surface area (Å²) >= 11 is 0. The molecule has 0 bridgehead atoms. The Morgan fingerprint density at radius 2 is 1.69 bits per heavy atom. The maximum atomic E-state index is 13.2. The molecule has 1 spiro atoms. The molecule has 0 N–H and O–H groups in total. The maximum absolute atomic E-state index is 13.2. The van der Waals surface area contributed by atoms with Gasteiger partial charge >= 0.3 is 0 Å². The fourth-order valence-electron chi connectivity index (χ4n) is 4.84. The van der Waals surface area contributed by atoms with Crippen molar-refractivity contribution in [3.05, 3.63) is 30.1 Å². The Labute approximate surface area is 154 Å². The first-order valence-corrected chi connectivity index (χ1v) is 10.9. The van der Waals surface area contributed by atoms with Crippen LogP contribution in [0.3, 0.4) is 0 Å².